The van der Waals surface area contributed by atoms with Crippen LogP contribution >= 0.6 is 23.2 Å². The Bertz CT molecular complexity index is 471. The van der Waals surface area contributed by atoms with E-state index in [1.165, 1.54) is 10.6 Å². The summed E-state index contributed by atoms with van der Waals surface area (Å²) in [5.74, 6) is -0.927. The summed E-state index contributed by atoms with van der Waals surface area (Å²) < 4.78 is 6.23. The third-order valence-electron chi connectivity index (χ3n) is 2.34. The van der Waals surface area contributed by atoms with Gasteiger partial charge in [0, 0.05) is 7.05 Å². The molecule has 1 N–H and O–H groups in total. The number of carbonyl (C=O) groups is 2. The molecule has 0 saturated carbocycles. The molecule has 0 aliphatic carbocycles. The Morgan fingerprint density at radius 2 is 2.11 bits per heavy atom. The average Bonchev–Trinajstić information content (AvgIpc) is 2.57. The van der Waals surface area contributed by atoms with Crippen LogP contribution in [-0.4, -0.2) is 29.1 Å². The van der Waals surface area contributed by atoms with Crippen molar-refractivity contribution in [3.05, 3.63) is 21.9 Å². The van der Waals surface area contributed by atoms with E-state index in [0.29, 0.717) is 0 Å². The molecule has 5 nitrogen and oxygen atoms in total. The summed E-state index contributed by atoms with van der Waals surface area (Å²) in [4.78, 5) is 23.3. The van der Waals surface area contributed by atoms with E-state index < -0.39 is 17.9 Å². The molecule has 0 saturated heterocycles. The van der Waals surface area contributed by atoms with Gasteiger partial charge in [-0.25, -0.2) is 4.79 Å². The zero-order valence-electron chi connectivity index (χ0n) is 10.3. The van der Waals surface area contributed by atoms with Crippen molar-refractivity contribution in [2.75, 3.05) is 6.61 Å². The first kappa shape index (κ1) is 14.9. The van der Waals surface area contributed by atoms with Crippen LogP contribution in [0.1, 0.15) is 24.3 Å². The van der Waals surface area contributed by atoms with E-state index in [-0.39, 0.29) is 22.5 Å². The molecular weight excluding hydrogens is 279 g/mol. The largest absolute Gasteiger partial charge is 0.464 e. The van der Waals surface area contributed by atoms with Crippen molar-refractivity contribution in [2.45, 2.75) is 19.9 Å². The van der Waals surface area contributed by atoms with Gasteiger partial charge >= 0.3 is 5.97 Å². The minimum Gasteiger partial charge on any atom is -0.464 e. The lowest BCUT2D eigenvalue weighted by Gasteiger charge is -2.12. The van der Waals surface area contributed by atoms with Crippen LogP contribution in [0.5, 0.6) is 0 Å². The minimum absolute atomic E-state index is 0.265. The Kier molecular flexibility index (Phi) is 5.04. The number of hydrogen-bond donors (Lipinski definition) is 1. The second kappa shape index (κ2) is 6.11. The number of carbonyl (C=O) groups excluding carboxylic acids is 2. The predicted molar refractivity (Wildman–Crippen MR) is 69.0 cm³/mol. The second-order valence-electron chi connectivity index (χ2n) is 3.67. The number of nitrogens with zero attached hydrogens (tertiary/aromatic N) is 1. The maximum absolute atomic E-state index is 11.9. The van der Waals surface area contributed by atoms with E-state index in [4.69, 9.17) is 27.9 Å². The van der Waals surface area contributed by atoms with E-state index in [1.54, 1.807) is 20.9 Å². The number of esters is 1. The molecule has 0 aliphatic heterocycles. The number of nitrogens with one attached hydrogen (secondary N) is 1. The van der Waals surface area contributed by atoms with Crippen molar-refractivity contribution in [1.82, 2.24) is 9.88 Å². The quantitative estimate of drug-likeness (QED) is 0.864. The van der Waals surface area contributed by atoms with Gasteiger partial charge in [0.1, 0.15) is 16.9 Å². The minimum atomic E-state index is -0.732. The molecule has 1 unspecified atom stereocenters. The molecular formula is C11H14Cl2N2O3. The standard InChI is InChI=1S/C11H14Cl2N2O3/c1-4-18-11(17)6(2)14-10(16)8-5-7(12)9(13)15(8)3/h5-6H,4H2,1-3H3,(H,14,16). The van der Waals surface area contributed by atoms with Crippen LogP contribution in [0.25, 0.3) is 0 Å². The van der Waals surface area contributed by atoms with Crippen LogP contribution in [0.4, 0.5) is 0 Å². The number of aromatic nitrogens is 1. The van der Waals surface area contributed by atoms with Crippen LogP contribution in [0.3, 0.4) is 0 Å². The fourth-order valence-electron chi connectivity index (χ4n) is 1.36. The third-order valence-corrected chi connectivity index (χ3v) is 3.18. The first-order chi connectivity index (χ1) is 8.38. The molecule has 1 atom stereocenters. The highest BCUT2D eigenvalue weighted by Gasteiger charge is 2.21. The molecule has 1 rings (SSSR count). The van der Waals surface area contributed by atoms with Gasteiger partial charge in [0.15, 0.2) is 0 Å². The maximum Gasteiger partial charge on any atom is 0.328 e. The highest BCUT2D eigenvalue weighted by atomic mass is 35.5. The van der Waals surface area contributed by atoms with Crippen molar-refractivity contribution >= 4 is 35.1 Å². The van der Waals surface area contributed by atoms with Crippen LogP contribution in [0.2, 0.25) is 10.2 Å². The van der Waals surface area contributed by atoms with Gasteiger partial charge < -0.3 is 14.6 Å². The molecule has 1 aromatic heterocycles. The summed E-state index contributed by atoms with van der Waals surface area (Å²) in [6.45, 7) is 3.51. The Balaban J connectivity index is 2.77. The smallest absolute Gasteiger partial charge is 0.328 e. The van der Waals surface area contributed by atoms with E-state index in [2.05, 4.69) is 5.32 Å². The zero-order chi connectivity index (χ0) is 13.9. The van der Waals surface area contributed by atoms with E-state index in [9.17, 15) is 9.59 Å². The first-order valence-corrected chi connectivity index (χ1v) is 6.12. The summed E-state index contributed by atoms with van der Waals surface area (Å²) >= 11 is 11.7. The summed E-state index contributed by atoms with van der Waals surface area (Å²) in [5.41, 5.74) is 0.279. The summed E-state index contributed by atoms with van der Waals surface area (Å²) in [6.07, 6.45) is 0. The van der Waals surface area contributed by atoms with E-state index in [1.807, 2.05) is 0 Å². The second-order valence-corrected chi connectivity index (χ2v) is 4.44. The van der Waals surface area contributed by atoms with Crippen LogP contribution in [0.15, 0.2) is 6.07 Å². The van der Waals surface area contributed by atoms with Gasteiger partial charge in [0.25, 0.3) is 5.91 Å². The van der Waals surface area contributed by atoms with Gasteiger partial charge in [-0.3, -0.25) is 4.79 Å². The number of hydrogen-bond acceptors (Lipinski definition) is 3. The summed E-state index contributed by atoms with van der Waals surface area (Å²) in [5, 5.41) is 3.06. The maximum atomic E-state index is 11.9. The highest BCUT2D eigenvalue weighted by molar-refractivity contribution is 6.41. The van der Waals surface area contributed by atoms with Crippen molar-refractivity contribution in [1.29, 1.82) is 0 Å². The normalized spacial score (nSPS) is 12.1. The predicted octanol–water partition coefficient (Wildman–Crippen LogP) is 2.01. The van der Waals surface area contributed by atoms with Gasteiger partial charge in [0.05, 0.1) is 11.6 Å². The third kappa shape index (κ3) is 3.17. The molecule has 1 heterocycles. The van der Waals surface area contributed by atoms with Crippen LogP contribution in [0, 0.1) is 0 Å². The molecule has 18 heavy (non-hydrogen) atoms. The molecule has 1 amide bonds. The van der Waals surface area contributed by atoms with Gasteiger partial charge in [-0.1, -0.05) is 23.2 Å². The molecule has 0 radical (unpaired) electrons. The van der Waals surface area contributed by atoms with E-state index >= 15 is 0 Å². The van der Waals surface area contributed by atoms with Crippen LogP contribution < -0.4 is 5.32 Å². The lowest BCUT2D eigenvalue weighted by Crippen LogP contribution is -2.40. The molecule has 0 aliphatic rings. The number of halogens is 2. The number of ether oxygens (including phenoxy) is 1. The Hall–Kier alpha value is -1.20. The van der Waals surface area contributed by atoms with Crippen molar-refractivity contribution < 1.29 is 14.3 Å². The molecule has 100 valence electrons. The van der Waals surface area contributed by atoms with E-state index in [0.717, 1.165) is 0 Å². The van der Waals surface area contributed by atoms with Gasteiger partial charge in [0.2, 0.25) is 0 Å². The summed E-state index contributed by atoms with van der Waals surface area (Å²) in [6, 6.07) is 0.710. The lowest BCUT2D eigenvalue weighted by molar-refractivity contribution is -0.144. The molecule has 7 heteroatoms. The molecule has 0 spiro atoms. The SMILES string of the molecule is CCOC(=O)C(C)NC(=O)c1cc(Cl)c(Cl)n1C. The Morgan fingerprint density at radius 3 is 2.56 bits per heavy atom. The lowest BCUT2D eigenvalue weighted by atomic mass is 10.3. The van der Waals surface area contributed by atoms with Crippen molar-refractivity contribution in [3.63, 3.8) is 0 Å². The average molecular weight is 293 g/mol. The highest BCUT2D eigenvalue weighted by Crippen LogP contribution is 2.24. The monoisotopic (exact) mass is 292 g/mol. The fourth-order valence-corrected chi connectivity index (χ4v) is 1.73. The van der Waals surface area contributed by atoms with Gasteiger partial charge in [-0.2, -0.15) is 0 Å². The molecule has 0 bridgehead atoms. The zero-order valence-corrected chi connectivity index (χ0v) is 11.8. The van der Waals surface area contributed by atoms with Crippen LogP contribution in [-0.2, 0) is 16.6 Å². The molecule has 0 fully saturated rings. The Labute approximate surface area is 115 Å². The number of amides is 1. The van der Waals surface area contributed by atoms with Crippen molar-refractivity contribution in [2.24, 2.45) is 7.05 Å². The van der Waals surface area contributed by atoms with Gasteiger partial charge in [-0.15, -0.1) is 0 Å². The van der Waals surface area contributed by atoms with Crippen molar-refractivity contribution in [3.8, 4) is 0 Å². The summed E-state index contributed by atoms with van der Waals surface area (Å²) in [7, 11) is 1.61. The van der Waals surface area contributed by atoms with Gasteiger partial charge in [-0.05, 0) is 19.9 Å². The molecule has 1 aromatic rings. The number of rotatable bonds is 4. The first-order valence-electron chi connectivity index (χ1n) is 5.36. The topological polar surface area (TPSA) is 60.3 Å². The molecule has 0 aromatic carbocycles. The Morgan fingerprint density at radius 1 is 1.50 bits per heavy atom. The fraction of sp³-hybridized carbons (Fsp3) is 0.455.